The van der Waals surface area contributed by atoms with Gasteiger partial charge in [-0.3, -0.25) is 0 Å². The summed E-state index contributed by atoms with van der Waals surface area (Å²) in [6.45, 7) is 3.45. The molecule has 1 aromatic carbocycles. The van der Waals surface area contributed by atoms with Gasteiger partial charge in [0.1, 0.15) is 0 Å². The van der Waals surface area contributed by atoms with E-state index in [1.807, 2.05) is 0 Å². The van der Waals surface area contributed by atoms with E-state index in [-0.39, 0.29) is 0 Å². The van der Waals surface area contributed by atoms with Gasteiger partial charge in [-0.2, -0.15) is 0 Å². The van der Waals surface area contributed by atoms with E-state index in [0.717, 1.165) is 5.56 Å². The number of aliphatic hydroxyl groups excluding tert-OH is 1. The van der Waals surface area contributed by atoms with Crippen molar-refractivity contribution < 1.29 is 5.11 Å². The largest absolute Gasteiger partial charge is 0.388 e. The summed E-state index contributed by atoms with van der Waals surface area (Å²) < 4.78 is 0. The molecule has 0 spiro atoms. The Kier molecular flexibility index (Phi) is 2.30. The van der Waals surface area contributed by atoms with Crippen LogP contribution in [0.2, 0.25) is 5.02 Å². The quantitative estimate of drug-likeness (QED) is 0.660. The van der Waals surface area contributed by atoms with Crippen molar-refractivity contribution in [1.82, 2.24) is 0 Å². The molecule has 0 heterocycles. The Morgan fingerprint density at radius 1 is 1.30 bits per heavy atom. The molecular weight excluding hydrogens is 148 g/mol. The molecule has 1 rings (SSSR count). The molecule has 1 aromatic rings. The van der Waals surface area contributed by atoms with E-state index in [2.05, 4.69) is 6.92 Å². The number of benzene rings is 1. The minimum absolute atomic E-state index is 0.655. The van der Waals surface area contributed by atoms with Crippen molar-refractivity contribution in [2.24, 2.45) is 0 Å². The van der Waals surface area contributed by atoms with Crippen LogP contribution in [0, 0.1) is 6.92 Å². The van der Waals surface area contributed by atoms with Crippen LogP contribution in [0.4, 0.5) is 0 Å². The number of hydrogen-bond acceptors (Lipinski definition) is 1. The van der Waals surface area contributed by atoms with Gasteiger partial charge in [-0.25, -0.2) is 0 Å². The normalized spacial score (nSPS) is 13.1. The highest BCUT2D eigenvalue weighted by molar-refractivity contribution is 6.30. The molecule has 0 aliphatic carbocycles. The maximum atomic E-state index is 8.96. The monoisotopic (exact) mass is 155 g/mol. The van der Waals surface area contributed by atoms with E-state index in [9.17, 15) is 0 Å². The van der Waals surface area contributed by atoms with Crippen LogP contribution in [0.5, 0.6) is 0 Å². The van der Waals surface area contributed by atoms with Crippen LogP contribution in [-0.4, -0.2) is 5.11 Å². The third-order valence-corrected chi connectivity index (χ3v) is 1.51. The lowest BCUT2D eigenvalue weighted by molar-refractivity contribution is 0.226. The van der Waals surface area contributed by atoms with E-state index >= 15 is 0 Å². The Balaban J connectivity index is 2.89. The second kappa shape index (κ2) is 3.04. The highest BCUT2D eigenvalue weighted by Gasteiger charge is 1.97. The number of rotatable bonds is 1. The van der Waals surface area contributed by atoms with E-state index in [4.69, 9.17) is 16.7 Å². The smallest absolute Gasteiger partial charge is 0.0791 e. The average Bonchev–Trinajstić information content (AvgIpc) is 1.88. The minimum Gasteiger partial charge on any atom is -0.388 e. The van der Waals surface area contributed by atoms with Crippen molar-refractivity contribution in [2.75, 3.05) is 0 Å². The van der Waals surface area contributed by atoms with E-state index < -0.39 is 6.10 Å². The molecule has 53 valence electrons. The van der Waals surface area contributed by atoms with Gasteiger partial charge in [0.2, 0.25) is 0 Å². The topological polar surface area (TPSA) is 20.2 Å². The second-order valence-corrected chi connectivity index (χ2v) is 2.50. The Hall–Kier alpha value is -0.530. The lowest BCUT2D eigenvalue weighted by Crippen LogP contribution is -1.89. The molecule has 0 aliphatic heterocycles. The van der Waals surface area contributed by atoms with Gasteiger partial charge in [-0.05, 0) is 24.6 Å². The molecule has 2 heteroatoms. The van der Waals surface area contributed by atoms with Gasteiger partial charge in [0.25, 0.3) is 0 Å². The summed E-state index contributed by atoms with van der Waals surface area (Å²) in [5.41, 5.74) is 0.782. The Morgan fingerprint density at radius 3 is 2.20 bits per heavy atom. The second-order valence-electron chi connectivity index (χ2n) is 2.07. The fraction of sp³-hybridized carbons (Fsp3) is 0.125. The van der Waals surface area contributed by atoms with Crippen LogP contribution >= 0.6 is 11.6 Å². The summed E-state index contributed by atoms with van der Waals surface area (Å²) in [6, 6.07) is 6.95. The molecule has 0 bridgehead atoms. The lowest BCUT2D eigenvalue weighted by Gasteiger charge is -2.02. The molecule has 0 unspecified atom stereocenters. The third-order valence-electron chi connectivity index (χ3n) is 1.25. The number of aliphatic hydroxyl groups is 1. The predicted octanol–water partition coefficient (Wildman–Crippen LogP) is 2.21. The van der Waals surface area contributed by atoms with Crippen molar-refractivity contribution >= 4 is 11.6 Å². The summed E-state index contributed by atoms with van der Waals surface area (Å²) in [6.07, 6.45) is -0.655. The molecule has 1 radical (unpaired) electrons. The zero-order valence-corrected chi connectivity index (χ0v) is 6.17. The molecule has 0 saturated heterocycles. The molecule has 1 nitrogen and oxygen atoms in total. The van der Waals surface area contributed by atoms with Crippen molar-refractivity contribution in [3.8, 4) is 0 Å². The van der Waals surface area contributed by atoms with E-state index in [1.54, 1.807) is 24.3 Å². The maximum absolute atomic E-state index is 8.96. The van der Waals surface area contributed by atoms with Crippen LogP contribution in [0.25, 0.3) is 0 Å². The van der Waals surface area contributed by atoms with Crippen molar-refractivity contribution in [3.05, 3.63) is 41.8 Å². The van der Waals surface area contributed by atoms with E-state index in [1.165, 1.54) is 0 Å². The molecule has 1 atom stereocenters. The fourth-order valence-electron chi connectivity index (χ4n) is 0.685. The van der Waals surface area contributed by atoms with Crippen LogP contribution in [0.15, 0.2) is 24.3 Å². The molecule has 0 fully saturated rings. The van der Waals surface area contributed by atoms with Crippen LogP contribution < -0.4 is 0 Å². The summed E-state index contributed by atoms with van der Waals surface area (Å²) in [4.78, 5) is 0. The Labute approximate surface area is 65.3 Å². The summed E-state index contributed by atoms with van der Waals surface area (Å²) >= 11 is 5.61. The van der Waals surface area contributed by atoms with Crippen molar-refractivity contribution in [1.29, 1.82) is 0 Å². The first-order valence-electron chi connectivity index (χ1n) is 2.97. The summed E-state index contributed by atoms with van der Waals surface area (Å²) in [5.74, 6) is 0. The molecule has 0 aliphatic rings. The highest BCUT2D eigenvalue weighted by atomic mass is 35.5. The van der Waals surface area contributed by atoms with Gasteiger partial charge in [0.15, 0.2) is 0 Å². The predicted molar refractivity (Wildman–Crippen MR) is 41.8 cm³/mol. The van der Waals surface area contributed by atoms with E-state index in [0.29, 0.717) is 5.02 Å². The maximum Gasteiger partial charge on any atom is 0.0791 e. The van der Waals surface area contributed by atoms with Crippen molar-refractivity contribution in [2.45, 2.75) is 6.10 Å². The van der Waals surface area contributed by atoms with Crippen molar-refractivity contribution in [3.63, 3.8) is 0 Å². The standard InChI is InChI=1S/C8H8ClO/c1-6(10)7-2-4-8(9)5-3-7/h2-6,10H,1H2/t6-/m1/s1. The van der Waals surface area contributed by atoms with Gasteiger partial charge >= 0.3 is 0 Å². The Bertz CT molecular complexity index is 203. The summed E-state index contributed by atoms with van der Waals surface area (Å²) in [7, 11) is 0. The fourth-order valence-corrected chi connectivity index (χ4v) is 0.811. The molecular formula is C8H8ClO. The zero-order valence-electron chi connectivity index (χ0n) is 5.42. The van der Waals surface area contributed by atoms with Gasteiger partial charge < -0.3 is 5.11 Å². The van der Waals surface area contributed by atoms with Gasteiger partial charge in [0.05, 0.1) is 6.10 Å². The molecule has 0 aromatic heterocycles. The molecule has 10 heavy (non-hydrogen) atoms. The number of halogens is 1. The lowest BCUT2D eigenvalue weighted by atomic mass is 10.1. The van der Waals surface area contributed by atoms with Crippen LogP contribution in [-0.2, 0) is 0 Å². The van der Waals surface area contributed by atoms with Gasteiger partial charge in [0, 0.05) is 5.02 Å². The molecule has 1 N–H and O–H groups in total. The third kappa shape index (κ3) is 1.72. The average molecular weight is 156 g/mol. The molecule has 0 amide bonds. The zero-order chi connectivity index (χ0) is 7.56. The number of hydrogen-bond donors (Lipinski definition) is 1. The first kappa shape index (κ1) is 7.58. The minimum atomic E-state index is -0.655. The first-order valence-corrected chi connectivity index (χ1v) is 3.34. The van der Waals surface area contributed by atoms with Crippen LogP contribution in [0.3, 0.4) is 0 Å². The SMILES string of the molecule is [CH2][C@@H](O)c1ccc(Cl)cc1. The van der Waals surface area contributed by atoms with Gasteiger partial charge in [-0.1, -0.05) is 23.7 Å². The van der Waals surface area contributed by atoms with Crippen LogP contribution in [0.1, 0.15) is 11.7 Å². The Morgan fingerprint density at radius 2 is 1.80 bits per heavy atom. The van der Waals surface area contributed by atoms with Gasteiger partial charge in [-0.15, -0.1) is 0 Å². The summed E-state index contributed by atoms with van der Waals surface area (Å²) in [5, 5.41) is 9.63. The molecule has 0 saturated carbocycles. The first-order chi connectivity index (χ1) is 4.70. The highest BCUT2D eigenvalue weighted by Crippen LogP contribution is 2.14.